The molecule has 1 fully saturated rings. The quantitative estimate of drug-likeness (QED) is 0.486. The van der Waals surface area contributed by atoms with Gasteiger partial charge >= 0.3 is 5.97 Å². The van der Waals surface area contributed by atoms with Crippen molar-refractivity contribution >= 4 is 5.97 Å². The average molecular weight is 158 g/mol. The molecule has 1 aliphatic rings. The summed E-state index contributed by atoms with van der Waals surface area (Å²) in [6, 6.07) is -0.164. The molecule has 0 amide bonds. The number of carbonyl (C=O) groups is 1. The number of nitrogens with one attached hydrogen (secondary N) is 2. The summed E-state index contributed by atoms with van der Waals surface area (Å²) < 4.78 is 4.60. The number of carbonyl (C=O) groups excluding carboxylic acids is 1. The molecule has 0 bridgehead atoms. The summed E-state index contributed by atoms with van der Waals surface area (Å²) >= 11 is 0. The molecular formula is C7H14N2O2. The van der Waals surface area contributed by atoms with E-state index < -0.39 is 0 Å². The van der Waals surface area contributed by atoms with Gasteiger partial charge in [-0.2, -0.15) is 0 Å². The van der Waals surface area contributed by atoms with E-state index in [4.69, 9.17) is 0 Å². The first kappa shape index (κ1) is 8.49. The Morgan fingerprint density at radius 3 is 3.09 bits per heavy atom. The van der Waals surface area contributed by atoms with Crippen LogP contribution in [0.15, 0.2) is 0 Å². The van der Waals surface area contributed by atoms with E-state index in [1.54, 1.807) is 0 Å². The first-order valence-corrected chi connectivity index (χ1v) is 3.86. The summed E-state index contributed by atoms with van der Waals surface area (Å²) in [6.07, 6.45) is 1.06. The van der Waals surface area contributed by atoms with Gasteiger partial charge in [-0.05, 0) is 19.5 Å². The molecule has 2 N–H and O–H groups in total. The zero-order valence-electron chi connectivity index (χ0n) is 6.72. The van der Waals surface area contributed by atoms with Crippen LogP contribution in [0.2, 0.25) is 0 Å². The molecule has 1 atom stereocenters. The molecule has 0 aromatic carbocycles. The van der Waals surface area contributed by atoms with Crippen molar-refractivity contribution in [3.8, 4) is 0 Å². The molecule has 0 aromatic heterocycles. The number of esters is 1. The number of methoxy groups -OCH3 is 1. The van der Waals surface area contributed by atoms with Crippen LogP contribution in [-0.2, 0) is 9.53 Å². The van der Waals surface area contributed by atoms with Crippen LogP contribution in [0.4, 0.5) is 0 Å². The minimum atomic E-state index is -0.181. The minimum absolute atomic E-state index is 0.164. The van der Waals surface area contributed by atoms with E-state index in [2.05, 4.69) is 15.4 Å². The largest absolute Gasteiger partial charge is 0.468 e. The second-order valence-electron chi connectivity index (χ2n) is 2.59. The molecule has 1 heterocycles. The third-order valence-corrected chi connectivity index (χ3v) is 1.76. The van der Waals surface area contributed by atoms with Gasteiger partial charge in [0.05, 0.1) is 7.11 Å². The smallest absolute Gasteiger partial charge is 0.324 e. The molecule has 11 heavy (non-hydrogen) atoms. The van der Waals surface area contributed by atoms with Crippen molar-refractivity contribution in [2.45, 2.75) is 12.5 Å². The average Bonchev–Trinajstić information content (AvgIpc) is 2.30. The topological polar surface area (TPSA) is 50.4 Å². The van der Waals surface area contributed by atoms with Crippen LogP contribution in [0.5, 0.6) is 0 Å². The lowest BCUT2D eigenvalue weighted by molar-refractivity contribution is -0.142. The maximum atomic E-state index is 11.0. The molecule has 1 aliphatic heterocycles. The highest BCUT2D eigenvalue weighted by atomic mass is 16.5. The van der Waals surface area contributed by atoms with Crippen LogP contribution in [0, 0.1) is 0 Å². The third kappa shape index (κ3) is 2.48. The van der Waals surface area contributed by atoms with Gasteiger partial charge < -0.3 is 15.4 Å². The highest BCUT2D eigenvalue weighted by Gasteiger charge is 2.18. The van der Waals surface area contributed by atoms with Crippen LogP contribution in [0.1, 0.15) is 6.42 Å². The summed E-state index contributed by atoms with van der Waals surface area (Å²) in [5.41, 5.74) is 0. The highest BCUT2D eigenvalue weighted by Crippen LogP contribution is 1.91. The third-order valence-electron chi connectivity index (χ3n) is 1.76. The number of ether oxygens (including phenoxy) is 1. The van der Waals surface area contributed by atoms with Gasteiger partial charge in [-0.25, -0.2) is 0 Å². The maximum absolute atomic E-state index is 11.0. The zero-order chi connectivity index (χ0) is 8.10. The van der Waals surface area contributed by atoms with Crippen LogP contribution < -0.4 is 10.6 Å². The lowest BCUT2D eigenvalue weighted by Gasteiger charge is -2.11. The molecule has 1 rings (SSSR count). The molecule has 0 aliphatic carbocycles. The summed E-state index contributed by atoms with van der Waals surface area (Å²) in [6.45, 7) is 2.53. The van der Waals surface area contributed by atoms with Gasteiger partial charge in [0, 0.05) is 6.54 Å². The number of hydrogen-bond acceptors (Lipinski definition) is 4. The van der Waals surface area contributed by atoms with Gasteiger partial charge in [-0.15, -0.1) is 0 Å². The van der Waals surface area contributed by atoms with Crippen molar-refractivity contribution in [1.82, 2.24) is 10.6 Å². The second kappa shape index (κ2) is 4.31. The lowest BCUT2D eigenvalue weighted by atomic mass is 10.3. The van der Waals surface area contributed by atoms with E-state index >= 15 is 0 Å². The van der Waals surface area contributed by atoms with Gasteiger partial charge in [0.25, 0.3) is 0 Å². The Balaban J connectivity index is 2.36. The first-order valence-electron chi connectivity index (χ1n) is 3.86. The van der Waals surface area contributed by atoms with Crippen molar-refractivity contribution in [1.29, 1.82) is 0 Å². The summed E-state index contributed by atoms with van der Waals surface area (Å²) in [7, 11) is 1.41. The predicted octanol–water partition coefficient (Wildman–Crippen LogP) is -0.889. The predicted molar refractivity (Wildman–Crippen MR) is 41.3 cm³/mol. The minimum Gasteiger partial charge on any atom is -0.468 e. The van der Waals surface area contributed by atoms with Gasteiger partial charge in [0.15, 0.2) is 0 Å². The Labute approximate surface area is 66.3 Å². The lowest BCUT2D eigenvalue weighted by Crippen LogP contribution is -2.42. The fourth-order valence-electron chi connectivity index (χ4n) is 1.12. The van der Waals surface area contributed by atoms with Gasteiger partial charge in [0.1, 0.15) is 6.04 Å². The number of hydrogen-bond donors (Lipinski definition) is 2. The summed E-state index contributed by atoms with van der Waals surface area (Å²) in [5.74, 6) is -0.181. The van der Waals surface area contributed by atoms with E-state index in [1.807, 2.05) is 0 Å². The van der Waals surface area contributed by atoms with Gasteiger partial charge in [0.2, 0.25) is 0 Å². The molecular weight excluding hydrogens is 144 g/mol. The van der Waals surface area contributed by atoms with Crippen molar-refractivity contribution in [3.05, 3.63) is 0 Å². The Hall–Kier alpha value is -0.610. The van der Waals surface area contributed by atoms with Crippen molar-refractivity contribution < 1.29 is 9.53 Å². The molecule has 0 aromatic rings. The van der Waals surface area contributed by atoms with E-state index in [0.717, 1.165) is 19.5 Å². The SMILES string of the molecule is COC(=O)[C@H]1CNCCCN1. The van der Waals surface area contributed by atoms with E-state index in [1.165, 1.54) is 7.11 Å². The van der Waals surface area contributed by atoms with E-state index in [9.17, 15) is 4.79 Å². The van der Waals surface area contributed by atoms with Crippen LogP contribution in [-0.4, -0.2) is 38.8 Å². The monoisotopic (exact) mass is 158 g/mol. The summed E-state index contributed by atoms with van der Waals surface area (Å²) in [4.78, 5) is 11.0. The Kier molecular flexibility index (Phi) is 3.32. The van der Waals surface area contributed by atoms with Crippen LogP contribution in [0.3, 0.4) is 0 Å². The van der Waals surface area contributed by atoms with Crippen LogP contribution >= 0.6 is 0 Å². The Bertz CT molecular complexity index is 130. The Morgan fingerprint density at radius 1 is 1.55 bits per heavy atom. The number of rotatable bonds is 1. The normalized spacial score (nSPS) is 25.7. The molecule has 64 valence electrons. The fourth-order valence-corrected chi connectivity index (χ4v) is 1.12. The van der Waals surface area contributed by atoms with E-state index in [0.29, 0.717) is 6.54 Å². The molecule has 1 saturated heterocycles. The molecule has 0 radical (unpaired) electrons. The van der Waals surface area contributed by atoms with Crippen molar-refractivity contribution in [2.75, 3.05) is 26.7 Å². The van der Waals surface area contributed by atoms with Gasteiger partial charge in [-0.1, -0.05) is 0 Å². The standard InChI is InChI=1S/C7H14N2O2/c1-11-7(10)6-5-8-3-2-4-9-6/h6,8-9H,2-5H2,1H3/t6-/m1/s1. The Morgan fingerprint density at radius 2 is 2.36 bits per heavy atom. The zero-order valence-corrected chi connectivity index (χ0v) is 6.72. The molecule has 4 nitrogen and oxygen atoms in total. The van der Waals surface area contributed by atoms with Crippen LogP contribution in [0.25, 0.3) is 0 Å². The van der Waals surface area contributed by atoms with Gasteiger partial charge in [-0.3, -0.25) is 4.79 Å². The maximum Gasteiger partial charge on any atom is 0.324 e. The first-order chi connectivity index (χ1) is 5.34. The highest BCUT2D eigenvalue weighted by molar-refractivity contribution is 5.75. The molecule has 0 unspecified atom stereocenters. The summed E-state index contributed by atoms with van der Waals surface area (Å²) in [5, 5.41) is 6.24. The molecule has 0 saturated carbocycles. The molecule has 4 heteroatoms. The van der Waals surface area contributed by atoms with Crippen molar-refractivity contribution in [2.24, 2.45) is 0 Å². The van der Waals surface area contributed by atoms with E-state index in [-0.39, 0.29) is 12.0 Å². The molecule has 0 spiro atoms. The van der Waals surface area contributed by atoms with Crippen molar-refractivity contribution in [3.63, 3.8) is 0 Å². The fraction of sp³-hybridized carbons (Fsp3) is 0.857. The second-order valence-corrected chi connectivity index (χ2v) is 2.59.